The van der Waals surface area contributed by atoms with Crippen molar-refractivity contribution in [3.8, 4) is 0 Å². The van der Waals surface area contributed by atoms with Crippen molar-refractivity contribution in [2.75, 3.05) is 46.5 Å². The third-order valence-corrected chi connectivity index (χ3v) is 3.07. The average Bonchev–Trinajstić information content (AvgIpc) is 2.30. The highest BCUT2D eigenvalue weighted by Gasteiger charge is 2.12. The Bertz CT molecular complexity index is 182. The topological polar surface area (TPSA) is 33.7 Å². The quantitative estimate of drug-likeness (QED) is 0.693. The molecule has 102 valence electrons. The number of likely N-dealkylation sites (N-methyl/N-ethyl adjacent to an activating group) is 1. The monoisotopic (exact) mass is 244 g/mol. The summed E-state index contributed by atoms with van der Waals surface area (Å²) in [5.41, 5.74) is 0. The van der Waals surface area contributed by atoms with Crippen molar-refractivity contribution in [2.45, 2.75) is 38.8 Å². The maximum atomic E-state index is 5.53. The molecule has 1 aliphatic rings. The van der Waals surface area contributed by atoms with Gasteiger partial charge in [0, 0.05) is 38.9 Å². The Labute approximate surface area is 106 Å². The van der Waals surface area contributed by atoms with Crippen molar-refractivity contribution in [3.63, 3.8) is 0 Å². The number of nitrogens with zero attached hydrogens (tertiary/aromatic N) is 1. The summed E-state index contributed by atoms with van der Waals surface area (Å²) in [6.45, 7) is 9.95. The van der Waals surface area contributed by atoms with Crippen LogP contribution in [0.2, 0.25) is 0 Å². The van der Waals surface area contributed by atoms with E-state index in [1.165, 1.54) is 0 Å². The predicted molar refractivity (Wildman–Crippen MR) is 70.4 cm³/mol. The van der Waals surface area contributed by atoms with Crippen LogP contribution >= 0.6 is 0 Å². The molecule has 0 saturated carbocycles. The Morgan fingerprint density at radius 3 is 2.65 bits per heavy atom. The number of hydrogen-bond acceptors (Lipinski definition) is 4. The zero-order valence-corrected chi connectivity index (χ0v) is 11.6. The van der Waals surface area contributed by atoms with Crippen LogP contribution in [-0.2, 0) is 9.47 Å². The average molecular weight is 244 g/mol. The summed E-state index contributed by atoms with van der Waals surface area (Å²) >= 11 is 0. The molecule has 1 saturated heterocycles. The van der Waals surface area contributed by atoms with Crippen LogP contribution in [0.3, 0.4) is 0 Å². The summed E-state index contributed by atoms with van der Waals surface area (Å²) in [4.78, 5) is 2.31. The van der Waals surface area contributed by atoms with Crippen molar-refractivity contribution in [1.82, 2.24) is 10.2 Å². The normalized spacial score (nSPS) is 18.2. The van der Waals surface area contributed by atoms with Gasteiger partial charge in [0.15, 0.2) is 0 Å². The lowest BCUT2D eigenvalue weighted by Crippen LogP contribution is -2.39. The Balaban J connectivity index is 1.93. The molecule has 0 radical (unpaired) electrons. The summed E-state index contributed by atoms with van der Waals surface area (Å²) in [7, 11) is 2.15. The standard InChI is InChI=1S/C13H28N2O2/c1-12(2)17-11-8-15(3)7-6-14-13-4-9-16-10-5-13/h12-14H,4-11H2,1-3H3. The Hall–Kier alpha value is -0.160. The molecule has 0 aromatic rings. The highest BCUT2D eigenvalue weighted by atomic mass is 16.5. The van der Waals surface area contributed by atoms with Gasteiger partial charge in [0.1, 0.15) is 0 Å². The first-order valence-electron chi connectivity index (χ1n) is 6.79. The van der Waals surface area contributed by atoms with Crippen molar-refractivity contribution in [3.05, 3.63) is 0 Å². The molecule has 0 aromatic heterocycles. The van der Waals surface area contributed by atoms with E-state index in [1.807, 2.05) is 0 Å². The van der Waals surface area contributed by atoms with E-state index in [-0.39, 0.29) is 0 Å². The third kappa shape index (κ3) is 7.71. The van der Waals surface area contributed by atoms with Gasteiger partial charge in [-0.2, -0.15) is 0 Å². The molecule has 1 fully saturated rings. The van der Waals surface area contributed by atoms with E-state index in [0.29, 0.717) is 12.1 Å². The van der Waals surface area contributed by atoms with Gasteiger partial charge in [-0.3, -0.25) is 0 Å². The molecule has 1 N–H and O–H groups in total. The van der Waals surface area contributed by atoms with Gasteiger partial charge < -0.3 is 19.7 Å². The van der Waals surface area contributed by atoms with Gasteiger partial charge in [0.05, 0.1) is 12.7 Å². The van der Waals surface area contributed by atoms with Crippen LogP contribution < -0.4 is 5.32 Å². The van der Waals surface area contributed by atoms with Crippen LogP contribution in [0.25, 0.3) is 0 Å². The minimum absolute atomic E-state index is 0.337. The van der Waals surface area contributed by atoms with Crippen LogP contribution in [0.5, 0.6) is 0 Å². The zero-order chi connectivity index (χ0) is 12.5. The van der Waals surface area contributed by atoms with Crippen molar-refractivity contribution in [1.29, 1.82) is 0 Å². The SMILES string of the molecule is CC(C)OCCN(C)CCNC1CCOCC1. The summed E-state index contributed by atoms with van der Waals surface area (Å²) in [5, 5.41) is 3.59. The zero-order valence-electron chi connectivity index (χ0n) is 11.6. The van der Waals surface area contributed by atoms with E-state index in [4.69, 9.17) is 9.47 Å². The summed E-state index contributed by atoms with van der Waals surface area (Å²) in [5.74, 6) is 0. The fourth-order valence-electron chi connectivity index (χ4n) is 1.92. The fourth-order valence-corrected chi connectivity index (χ4v) is 1.92. The summed E-state index contributed by atoms with van der Waals surface area (Å²) in [6.07, 6.45) is 2.64. The Morgan fingerprint density at radius 1 is 1.29 bits per heavy atom. The molecule has 0 atom stereocenters. The summed E-state index contributed by atoms with van der Waals surface area (Å²) < 4.78 is 10.9. The molecule has 0 amide bonds. The second-order valence-corrected chi connectivity index (χ2v) is 5.06. The minimum atomic E-state index is 0.337. The highest BCUT2D eigenvalue weighted by molar-refractivity contribution is 4.70. The molecule has 1 aliphatic heterocycles. The molecule has 0 aromatic carbocycles. The molecule has 0 unspecified atom stereocenters. The third-order valence-electron chi connectivity index (χ3n) is 3.07. The van der Waals surface area contributed by atoms with Gasteiger partial charge in [0.2, 0.25) is 0 Å². The number of ether oxygens (including phenoxy) is 2. The molecule has 1 rings (SSSR count). The molecule has 0 spiro atoms. The van der Waals surface area contributed by atoms with Gasteiger partial charge in [-0.15, -0.1) is 0 Å². The highest BCUT2D eigenvalue weighted by Crippen LogP contribution is 2.05. The number of nitrogens with one attached hydrogen (secondary N) is 1. The lowest BCUT2D eigenvalue weighted by molar-refractivity contribution is 0.0624. The molecule has 17 heavy (non-hydrogen) atoms. The van der Waals surface area contributed by atoms with E-state index in [2.05, 4.69) is 31.1 Å². The van der Waals surface area contributed by atoms with E-state index in [0.717, 1.165) is 52.3 Å². The van der Waals surface area contributed by atoms with Crippen molar-refractivity contribution in [2.24, 2.45) is 0 Å². The molecular weight excluding hydrogens is 216 g/mol. The minimum Gasteiger partial charge on any atom is -0.381 e. The van der Waals surface area contributed by atoms with Crippen LogP contribution in [-0.4, -0.2) is 63.5 Å². The summed E-state index contributed by atoms with van der Waals surface area (Å²) in [6, 6.07) is 0.657. The van der Waals surface area contributed by atoms with Crippen LogP contribution in [0.15, 0.2) is 0 Å². The predicted octanol–water partition coefficient (Wildman–Crippen LogP) is 1.11. The Morgan fingerprint density at radius 2 is 2.00 bits per heavy atom. The maximum absolute atomic E-state index is 5.53. The largest absolute Gasteiger partial charge is 0.381 e. The van der Waals surface area contributed by atoms with Gasteiger partial charge in [-0.25, -0.2) is 0 Å². The second kappa shape index (κ2) is 8.86. The van der Waals surface area contributed by atoms with Gasteiger partial charge in [-0.05, 0) is 33.7 Å². The van der Waals surface area contributed by atoms with Crippen molar-refractivity contribution >= 4 is 0 Å². The van der Waals surface area contributed by atoms with Crippen LogP contribution in [0.4, 0.5) is 0 Å². The molecule has 4 heteroatoms. The maximum Gasteiger partial charge on any atom is 0.0596 e. The molecule has 4 nitrogen and oxygen atoms in total. The van der Waals surface area contributed by atoms with Crippen molar-refractivity contribution < 1.29 is 9.47 Å². The van der Waals surface area contributed by atoms with E-state index < -0.39 is 0 Å². The molecule has 0 aliphatic carbocycles. The number of hydrogen-bond donors (Lipinski definition) is 1. The lowest BCUT2D eigenvalue weighted by atomic mass is 10.1. The first-order chi connectivity index (χ1) is 8.18. The first kappa shape index (κ1) is 14.9. The smallest absolute Gasteiger partial charge is 0.0596 e. The Kier molecular flexibility index (Phi) is 7.77. The van der Waals surface area contributed by atoms with E-state index >= 15 is 0 Å². The van der Waals surface area contributed by atoms with E-state index in [1.54, 1.807) is 0 Å². The van der Waals surface area contributed by atoms with Crippen LogP contribution in [0.1, 0.15) is 26.7 Å². The fraction of sp³-hybridized carbons (Fsp3) is 1.00. The van der Waals surface area contributed by atoms with Crippen LogP contribution in [0, 0.1) is 0 Å². The molecule has 0 bridgehead atoms. The molecular formula is C13H28N2O2. The van der Waals surface area contributed by atoms with Gasteiger partial charge >= 0.3 is 0 Å². The lowest BCUT2D eigenvalue weighted by Gasteiger charge is -2.24. The van der Waals surface area contributed by atoms with Gasteiger partial charge in [0.25, 0.3) is 0 Å². The van der Waals surface area contributed by atoms with E-state index in [9.17, 15) is 0 Å². The first-order valence-corrected chi connectivity index (χ1v) is 6.79. The number of rotatable bonds is 8. The molecule has 1 heterocycles. The second-order valence-electron chi connectivity index (χ2n) is 5.06. The van der Waals surface area contributed by atoms with Gasteiger partial charge in [-0.1, -0.05) is 0 Å².